The van der Waals surface area contributed by atoms with Crippen LogP contribution in [0.3, 0.4) is 0 Å². The number of hydrogen-bond donors (Lipinski definition) is 2. The molecular formula is C31H20F4N2O2S. The molecule has 0 spiro atoms. The predicted molar refractivity (Wildman–Crippen MR) is 148 cm³/mol. The molecule has 5 rings (SSSR count). The first kappa shape index (κ1) is 27.0. The minimum Gasteiger partial charge on any atom is -0.322 e. The summed E-state index contributed by atoms with van der Waals surface area (Å²) in [6.07, 6.45) is 0. The zero-order valence-electron chi connectivity index (χ0n) is 20.6. The van der Waals surface area contributed by atoms with E-state index in [2.05, 4.69) is 5.32 Å². The topological polar surface area (TPSA) is 58.2 Å². The van der Waals surface area contributed by atoms with Crippen LogP contribution in [0.2, 0.25) is 0 Å². The third kappa shape index (κ3) is 5.84. The standard InChI is InChI=1S/C31H20F4N2O2S/c32-24-17-25(33)27(35)28(26(24)34)37-31(39)29(19-7-2-1-3-8-19)40-23-14-12-22(13-15-23)36-30(38)21-11-10-18-6-4-5-9-20(18)16-21/h1-17,29H,(H,36,38)(H,37,39). The maximum Gasteiger partial charge on any atom is 0.255 e. The van der Waals surface area contributed by atoms with Crippen molar-refractivity contribution in [1.82, 2.24) is 0 Å². The molecule has 0 aliphatic rings. The Hall–Kier alpha value is -4.63. The van der Waals surface area contributed by atoms with Crippen molar-refractivity contribution < 1.29 is 27.2 Å². The SMILES string of the molecule is O=C(Nc1ccc(SC(C(=O)Nc2c(F)c(F)cc(F)c2F)c2ccccc2)cc1)c1ccc2ccccc2c1. The van der Waals surface area contributed by atoms with Crippen LogP contribution in [0.15, 0.2) is 108 Å². The first-order chi connectivity index (χ1) is 19.3. The van der Waals surface area contributed by atoms with Crippen LogP contribution in [0.25, 0.3) is 10.8 Å². The molecular weight excluding hydrogens is 540 g/mol. The van der Waals surface area contributed by atoms with Gasteiger partial charge < -0.3 is 10.6 Å². The molecule has 0 aliphatic heterocycles. The van der Waals surface area contributed by atoms with Crippen molar-refractivity contribution in [2.45, 2.75) is 10.1 Å². The summed E-state index contributed by atoms with van der Waals surface area (Å²) in [5.41, 5.74) is 0.306. The summed E-state index contributed by atoms with van der Waals surface area (Å²) >= 11 is 1.06. The molecule has 0 radical (unpaired) electrons. The van der Waals surface area contributed by atoms with Crippen LogP contribution in [-0.2, 0) is 4.79 Å². The van der Waals surface area contributed by atoms with Crippen molar-refractivity contribution >= 4 is 45.7 Å². The van der Waals surface area contributed by atoms with Crippen LogP contribution in [0.5, 0.6) is 0 Å². The average molecular weight is 561 g/mol. The van der Waals surface area contributed by atoms with Gasteiger partial charge in [0.2, 0.25) is 5.91 Å². The summed E-state index contributed by atoms with van der Waals surface area (Å²) in [4.78, 5) is 26.5. The van der Waals surface area contributed by atoms with Crippen LogP contribution in [-0.4, -0.2) is 11.8 Å². The fourth-order valence-corrected chi connectivity index (χ4v) is 5.08. The third-order valence-electron chi connectivity index (χ3n) is 6.08. The van der Waals surface area contributed by atoms with E-state index in [1.165, 1.54) is 0 Å². The quantitative estimate of drug-likeness (QED) is 0.120. The van der Waals surface area contributed by atoms with Crippen LogP contribution < -0.4 is 10.6 Å². The number of fused-ring (bicyclic) bond motifs is 1. The molecule has 2 N–H and O–H groups in total. The van der Waals surface area contributed by atoms with Crippen LogP contribution in [0.4, 0.5) is 28.9 Å². The number of benzene rings is 5. The van der Waals surface area contributed by atoms with Crippen molar-refractivity contribution in [2.75, 3.05) is 10.6 Å². The lowest BCUT2D eigenvalue weighted by Gasteiger charge is -2.18. The minimum absolute atomic E-state index is 0.0735. The zero-order valence-corrected chi connectivity index (χ0v) is 21.4. The summed E-state index contributed by atoms with van der Waals surface area (Å²) in [6.45, 7) is 0. The van der Waals surface area contributed by atoms with E-state index < -0.39 is 40.1 Å². The number of amides is 2. The highest BCUT2D eigenvalue weighted by molar-refractivity contribution is 8.00. The van der Waals surface area contributed by atoms with Crippen molar-refractivity contribution in [1.29, 1.82) is 0 Å². The lowest BCUT2D eigenvalue weighted by atomic mass is 10.1. The summed E-state index contributed by atoms with van der Waals surface area (Å²) in [7, 11) is 0. The Balaban J connectivity index is 1.34. The number of rotatable bonds is 7. The maximum absolute atomic E-state index is 14.2. The van der Waals surface area contributed by atoms with Gasteiger partial charge in [-0.3, -0.25) is 9.59 Å². The van der Waals surface area contributed by atoms with Crippen molar-refractivity contribution in [3.63, 3.8) is 0 Å². The Morgan fingerprint density at radius 1 is 0.650 bits per heavy atom. The summed E-state index contributed by atoms with van der Waals surface area (Å²) in [5, 5.41) is 5.77. The average Bonchev–Trinajstić information content (AvgIpc) is 2.98. The molecule has 0 heterocycles. The van der Waals surface area contributed by atoms with E-state index in [4.69, 9.17) is 0 Å². The van der Waals surface area contributed by atoms with E-state index in [0.29, 0.717) is 21.7 Å². The molecule has 200 valence electrons. The smallest absolute Gasteiger partial charge is 0.255 e. The molecule has 0 bridgehead atoms. The first-order valence-electron chi connectivity index (χ1n) is 12.1. The molecule has 1 atom stereocenters. The number of halogens is 4. The van der Waals surface area contributed by atoms with E-state index in [9.17, 15) is 27.2 Å². The summed E-state index contributed by atoms with van der Waals surface area (Å²) in [6, 6.07) is 28.2. The van der Waals surface area contributed by atoms with Crippen molar-refractivity contribution in [2.24, 2.45) is 0 Å². The molecule has 0 fully saturated rings. The largest absolute Gasteiger partial charge is 0.322 e. The number of hydrogen-bond acceptors (Lipinski definition) is 3. The van der Waals surface area contributed by atoms with E-state index in [1.807, 2.05) is 35.6 Å². The Morgan fingerprint density at radius 3 is 1.95 bits per heavy atom. The zero-order chi connectivity index (χ0) is 28.2. The third-order valence-corrected chi connectivity index (χ3v) is 7.34. The van der Waals surface area contributed by atoms with E-state index in [1.54, 1.807) is 66.7 Å². The highest BCUT2D eigenvalue weighted by Crippen LogP contribution is 2.37. The summed E-state index contributed by atoms with van der Waals surface area (Å²) in [5.74, 6) is -7.82. The summed E-state index contributed by atoms with van der Waals surface area (Å²) < 4.78 is 55.8. The number of carbonyl (C=O) groups is 2. The molecule has 0 aromatic heterocycles. The van der Waals surface area contributed by atoms with Gasteiger partial charge in [-0.1, -0.05) is 60.7 Å². The molecule has 9 heteroatoms. The normalized spacial score (nSPS) is 11.7. The van der Waals surface area contributed by atoms with Gasteiger partial charge in [-0.05, 0) is 52.7 Å². The van der Waals surface area contributed by atoms with Crippen LogP contribution in [0, 0.1) is 23.3 Å². The molecule has 5 aromatic carbocycles. The molecule has 5 aromatic rings. The van der Waals surface area contributed by atoms with Gasteiger partial charge in [0.05, 0.1) is 0 Å². The van der Waals surface area contributed by atoms with Gasteiger partial charge in [-0.2, -0.15) is 0 Å². The van der Waals surface area contributed by atoms with Crippen molar-refractivity contribution in [3.8, 4) is 0 Å². The van der Waals surface area contributed by atoms with E-state index in [0.717, 1.165) is 22.5 Å². The van der Waals surface area contributed by atoms with Gasteiger partial charge in [0.15, 0.2) is 23.3 Å². The van der Waals surface area contributed by atoms with E-state index >= 15 is 0 Å². The molecule has 40 heavy (non-hydrogen) atoms. The van der Waals surface area contributed by atoms with Gasteiger partial charge in [0.25, 0.3) is 5.91 Å². The molecule has 0 aliphatic carbocycles. The fraction of sp³-hybridized carbons (Fsp3) is 0.0323. The first-order valence-corrected chi connectivity index (χ1v) is 12.9. The number of anilines is 2. The highest BCUT2D eigenvalue weighted by Gasteiger charge is 2.27. The predicted octanol–water partition coefficient (Wildman–Crippen LogP) is 8.12. The van der Waals surface area contributed by atoms with Crippen LogP contribution in [0.1, 0.15) is 21.2 Å². The van der Waals surface area contributed by atoms with Crippen LogP contribution >= 0.6 is 11.8 Å². The molecule has 1 unspecified atom stereocenters. The second-order valence-corrected chi connectivity index (χ2v) is 9.96. The minimum atomic E-state index is -1.70. The van der Waals surface area contributed by atoms with Gasteiger partial charge in [0.1, 0.15) is 10.9 Å². The van der Waals surface area contributed by atoms with Gasteiger partial charge in [0, 0.05) is 22.2 Å². The molecule has 2 amide bonds. The van der Waals surface area contributed by atoms with Crippen molar-refractivity contribution in [3.05, 3.63) is 138 Å². The van der Waals surface area contributed by atoms with Gasteiger partial charge in [-0.25, -0.2) is 17.6 Å². The number of carbonyl (C=O) groups excluding carboxylic acids is 2. The molecule has 4 nitrogen and oxygen atoms in total. The lowest BCUT2D eigenvalue weighted by Crippen LogP contribution is -2.21. The Morgan fingerprint density at radius 2 is 1.27 bits per heavy atom. The Kier molecular flexibility index (Phi) is 7.84. The van der Waals surface area contributed by atoms with Gasteiger partial charge >= 0.3 is 0 Å². The Bertz CT molecular complexity index is 1690. The Labute approximate surface area is 231 Å². The fourth-order valence-electron chi connectivity index (χ4n) is 4.06. The number of nitrogens with one attached hydrogen (secondary N) is 2. The second kappa shape index (κ2) is 11.6. The molecule has 0 saturated carbocycles. The molecule has 0 saturated heterocycles. The highest BCUT2D eigenvalue weighted by atomic mass is 32.2. The maximum atomic E-state index is 14.2. The lowest BCUT2D eigenvalue weighted by molar-refractivity contribution is -0.115. The second-order valence-electron chi connectivity index (χ2n) is 8.78. The monoisotopic (exact) mass is 560 g/mol. The van der Waals surface area contributed by atoms with Gasteiger partial charge in [-0.15, -0.1) is 11.8 Å². The van der Waals surface area contributed by atoms with E-state index in [-0.39, 0.29) is 12.0 Å². The number of thioether (sulfide) groups is 1.